The Labute approximate surface area is 180 Å². The predicted molar refractivity (Wildman–Crippen MR) is 109 cm³/mol. The first-order valence-corrected chi connectivity index (χ1v) is 10.2. The number of hydrogen-bond donors (Lipinski definition) is 0. The Bertz CT molecular complexity index is 1450. The third kappa shape index (κ3) is 2.87. The molecule has 4 aromatic rings. The second-order valence-corrected chi connectivity index (χ2v) is 8.32. The average molecular weight is 432 g/mol. The molecule has 1 aliphatic carbocycles. The van der Waals surface area contributed by atoms with Crippen LogP contribution < -0.4 is 10.5 Å². The van der Waals surface area contributed by atoms with Crippen LogP contribution in [0.1, 0.15) is 23.2 Å². The fourth-order valence-corrected chi connectivity index (χ4v) is 4.74. The second kappa shape index (κ2) is 6.71. The number of aromatic nitrogens is 6. The summed E-state index contributed by atoms with van der Waals surface area (Å²) in [5.41, 5.74) is 1.63. The van der Waals surface area contributed by atoms with Crippen molar-refractivity contribution in [2.75, 3.05) is 18.0 Å². The molecule has 2 fully saturated rings. The van der Waals surface area contributed by atoms with E-state index >= 15 is 0 Å². The van der Waals surface area contributed by atoms with E-state index in [-0.39, 0.29) is 18.0 Å². The fourth-order valence-electron chi connectivity index (χ4n) is 4.74. The molecule has 0 spiro atoms. The number of aryl methyl sites for hydroxylation is 1. The Hall–Kier alpha value is -4.07. The summed E-state index contributed by atoms with van der Waals surface area (Å²) in [5.74, 6) is 1.45. The summed E-state index contributed by atoms with van der Waals surface area (Å²) in [6, 6.07) is 6.39. The van der Waals surface area contributed by atoms with Crippen molar-refractivity contribution < 1.29 is 8.91 Å². The lowest BCUT2D eigenvalue weighted by Crippen LogP contribution is -2.24. The van der Waals surface area contributed by atoms with E-state index in [0.717, 1.165) is 18.8 Å². The molecule has 4 heterocycles. The first-order chi connectivity index (χ1) is 15.5. The fraction of sp³-hybridized carbons (Fsp3) is 0.333. The van der Waals surface area contributed by atoms with Gasteiger partial charge in [-0.15, -0.1) is 0 Å². The van der Waals surface area contributed by atoms with E-state index in [1.54, 1.807) is 24.0 Å². The van der Waals surface area contributed by atoms with Gasteiger partial charge in [-0.05, 0) is 30.0 Å². The summed E-state index contributed by atoms with van der Waals surface area (Å²) in [7, 11) is 1.74. The molecule has 3 aromatic heterocycles. The van der Waals surface area contributed by atoms with Gasteiger partial charge >= 0.3 is 0 Å². The third-order valence-corrected chi connectivity index (χ3v) is 6.36. The normalized spacial score (nSPS) is 21.7. The molecule has 1 saturated carbocycles. The van der Waals surface area contributed by atoms with Gasteiger partial charge in [0.2, 0.25) is 5.89 Å². The van der Waals surface area contributed by atoms with Crippen LogP contribution in [-0.4, -0.2) is 42.3 Å². The Balaban J connectivity index is 1.16. The molecular formula is C21H17FN8O2. The second-order valence-electron chi connectivity index (χ2n) is 8.32. The molecule has 1 aromatic carbocycles. The highest BCUT2D eigenvalue weighted by Crippen LogP contribution is 2.57. The highest BCUT2D eigenvalue weighted by atomic mass is 19.1. The summed E-state index contributed by atoms with van der Waals surface area (Å²) in [5, 5.41) is 13.2. The van der Waals surface area contributed by atoms with Gasteiger partial charge in [-0.3, -0.25) is 9.36 Å². The highest BCUT2D eigenvalue weighted by Gasteiger charge is 2.58. The van der Waals surface area contributed by atoms with Crippen LogP contribution in [0.25, 0.3) is 11.2 Å². The molecule has 0 amide bonds. The molecule has 11 heteroatoms. The number of halogens is 1. The van der Waals surface area contributed by atoms with Crippen LogP contribution in [0.4, 0.5) is 10.1 Å². The summed E-state index contributed by atoms with van der Waals surface area (Å²) in [6.07, 6.45) is 2.98. The van der Waals surface area contributed by atoms with Crippen LogP contribution in [0, 0.1) is 29.0 Å². The third-order valence-electron chi connectivity index (χ3n) is 6.36. The van der Waals surface area contributed by atoms with Crippen molar-refractivity contribution in [3.8, 4) is 6.07 Å². The van der Waals surface area contributed by atoms with Crippen LogP contribution >= 0.6 is 0 Å². The van der Waals surface area contributed by atoms with E-state index in [0.29, 0.717) is 40.3 Å². The van der Waals surface area contributed by atoms with Crippen molar-refractivity contribution >= 4 is 16.9 Å². The minimum absolute atomic E-state index is 0.133. The van der Waals surface area contributed by atoms with Gasteiger partial charge in [0.25, 0.3) is 5.56 Å². The molecule has 0 radical (unpaired) electrons. The van der Waals surface area contributed by atoms with Crippen LogP contribution in [0.3, 0.4) is 0 Å². The summed E-state index contributed by atoms with van der Waals surface area (Å²) in [4.78, 5) is 27.6. The Morgan fingerprint density at radius 2 is 2.00 bits per heavy atom. The number of nitriles is 1. The first kappa shape index (κ1) is 18.7. The molecule has 160 valence electrons. The lowest BCUT2D eigenvalue weighted by molar-refractivity contribution is 0.363. The number of hydrogen-bond acceptors (Lipinski definition) is 8. The number of imidazole rings is 1. The molecule has 2 unspecified atom stereocenters. The zero-order valence-corrected chi connectivity index (χ0v) is 17.0. The van der Waals surface area contributed by atoms with Gasteiger partial charge < -0.3 is 14.0 Å². The van der Waals surface area contributed by atoms with Gasteiger partial charge in [0.1, 0.15) is 18.7 Å². The molecule has 32 heavy (non-hydrogen) atoms. The van der Waals surface area contributed by atoms with E-state index < -0.39 is 5.82 Å². The number of fused-ring (bicyclic) bond motifs is 2. The van der Waals surface area contributed by atoms with Gasteiger partial charge in [-0.2, -0.15) is 10.2 Å². The van der Waals surface area contributed by atoms with Crippen LogP contribution in [0.5, 0.6) is 0 Å². The van der Waals surface area contributed by atoms with Crippen molar-refractivity contribution in [1.82, 2.24) is 29.2 Å². The average Bonchev–Trinajstić information content (AvgIpc) is 3.20. The van der Waals surface area contributed by atoms with Gasteiger partial charge in [0, 0.05) is 31.7 Å². The summed E-state index contributed by atoms with van der Waals surface area (Å²) in [6.45, 7) is 1.62. The summed E-state index contributed by atoms with van der Waals surface area (Å²) < 4.78 is 22.2. The van der Waals surface area contributed by atoms with Crippen LogP contribution in [0.2, 0.25) is 0 Å². The molecule has 2 atom stereocenters. The van der Waals surface area contributed by atoms with E-state index in [4.69, 9.17) is 9.78 Å². The number of benzene rings is 1. The van der Waals surface area contributed by atoms with E-state index in [9.17, 15) is 9.18 Å². The van der Waals surface area contributed by atoms with Crippen LogP contribution in [0.15, 0.2) is 40.2 Å². The van der Waals surface area contributed by atoms with E-state index in [1.165, 1.54) is 23.0 Å². The van der Waals surface area contributed by atoms with Gasteiger partial charge in [-0.25, -0.2) is 14.4 Å². The zero-order chi connectivity index (χ0) is 22.0. The predicted octanol–water partition coefficient (Wildman–Crippen LogP) is 1.42. The lowest BCUT2D eigenvalue weighted by atomic mass is 10.1. The maximum Gasteiger partial charge on any atom is 0.280 e. The number of anilines is 1. The number of piperidine rings is 1. The maximum absolute atomic E-state index is 13.8. The quantitative estimate of drug-likeness (QED) is 0.475. The molecule has 0 N–H and O–H groups in total. The number of rotatable bonds is 4. The zero-order valence-electron chi connectivity index (χ0n) is 17.0. The van der Waals surface area contributed by atoms with Gasteiger partial charge in [0.05, 0.1) is 18.0 Å². The van der Waals surface area contributed by atoms with Crippen molar-refractivity contribution in [1.29, 1.82) is 5.26 Å². The molecule has 1 saturated heterocycles. The molecule has 0 bridgehead atoms. The Kier molecular flexibility index (Phi) is 3.92. The van der Waals surface area contributed by atoms with E-state index in [1.807, 2.05) is 6.07 Å². The Morgan fingerprint density at radius 3 is 2.78 bits per heavy atom. The van der Waals surface area contributed by atoms with E-state index in [2.05, 4.69) is 25.0 Å². The van der Waals surface area contributed by atoms with Gasteiger partial charge in [-0.1, -0.05) is 5.16 Å². The minimum atomic E-state index is -0.409. The van der Waals surface area contributed by atoms with Gasteiger partial charge in [0.15, 0.2) is 17.0 Å². The molecule has 6 rings (SSSR count). The molecule has 1 aliphatic heterocycles. The van der Waals surface area contributed by atoms with Crippen molar-refractivity contribution in [3.05, 3.63) is 64.3 Å². The SMILES string of the molecule is Cn1cnc2ncn(Cc3nc(C4C5CN(c6cc(F)cc(C#N)c6)CC54)no3)c(=O)c21. The standard InChI is InChI=1S/C21H17FN8O2/c1-28-9-24-20-18(28)21(31)30(10-25-20)8-16-26-19(27-32-16)17-14-6-29(7-15(14)17)13-3-11(5-23)2-12(22)4-13/h2-4,9-10,14-15,17H,6-8H2,1H3. The number of nitrogens with zero attached hydrogens (tertiary/aromatic N) is 8. The van der Waals surface area contributed by atoms with Crippen molar-refractivity contribution in [3.63, 3.8) is 0 Å². The minimum Gasteiger partial charge on any atom is -0.371 e. The highest BCUT2D eigenvalue weighted by molar-refractivity contribution is 5.68. The molecule has 10 nitrogen and oxygen atoms in total. The van der Waals surface area contributed by atoms with Crippen molar-refractivity contribution in [2.45, 2.75) is 12.5 Å². The molecular weight excluding hydrogens is 415 g/mol. The smallest absolute Gasteiger partial charge is 0.280 e. The topological polar surface area (TPSA) is 119 Å². The van der Waals surface area contributed by atoms with Crippen molar-refractivity contribution in [2.24, 2.45) is 18.9 Å². The first-order valence-electron chi connectivity index (χ1n) is 10.2. The van der Waals surface area contributed by atoms with Crippen LogP contribution in [-0.2, 0) is 13.6 Å². The lowest BCUT2D eigenvalue weighted by Gasteiger charge is -2.21. The maximum atomic E-state index is 13.8. The summed E-state index contributed by atoms with van der Waals surface area (Å²) >= 11 is 0. The molecule has 2 aliphatic rings. The Morgan fingerprint density at radius 1 is 1.22 bits per heavy atom. The monoisotopic (exact) mass is 432 g/mol. The largest absolute Gasteiger partial charge is 0.371 e.